The Balaban J connectivity index is 2.08. The molecule has 0 amide bonds. The Bertz CT molecular complexity index is 350. The van der Waals surface area contributed by atoms with E-state index >= 15 is 0 Å². The van der Waals surface area contributed by atoms with Crippen LogP contribution in [0.3, 0.4) is 0 Å². The standard InChI is InChI=1S/C12H23N5/c1-4-12(7-6-8-12)9-17-11(14-15-16-17)10(3)13-5-2/h10,13H,4-9H2,1-3H3. The van der Waals surface area contributed by atoms with Gasteiger partial charge in [0.25, 0.3) is 0 Å². The highest BCUT2D eigenvalue weighted by molar-refractivity contribution is 4.93. The topological polar surface area (TPSA) is 55.6 Å². The molecule has 5 heteroatoms. The number of nitrogens with zero attached hydrogens (tertiary/aromatic N) is 4. The Morgan fingerprint density at radius 1 is 1.41 bits per heavy atom. The molecule has 1 heterocycles. The van der Waals surface area contributed by atoms with Crippen LogP contribution in [-0.4, -0.2) is 26.8 Å². The molecule has 1 saturated carbocycles. The predicted molar refractivity (Wildman–Crippen MR) is 66.5 cm³/mol. The second-order valence-corrected chi connectivity index (χ2v) is 5.18. The highest BCUT2D eigenvalue weighted by Gasteiger charge is 2.36. The van der Waals surface area contributed by atoms with Crippen molar-refractivity contribution in [1.29, 1.82) is 0 Å². The van der Waals surface area contributed by atoms with Crippen LogP contribution in [0.15, 0.2) is 0 Å². The van der Waals surface area contributed by atoms with E-state index < -0.39 is 0 Å². The Labute approximate surface area is 103 Å². The van der Waals surface area contributed by atoms with Crippen molar-refractivity contribution in [2.24, 2.45) is 5.41 Å². The third kappa shape index (κ3) is 2.49. The highest BCUT2D eigenvalue weighted by Crippen LogP contribution is 2.45. The first-order valence-corrected chi connectivity index (χ1v) is 6.70. The second-order valence-electron chi connectivity index (χ2n) is 5.18. The number of rotatable bonds is 6. The minimum atomic E-state index is 0.226. The fourth-order valence-corrected chi connectivity index (χ4v) is 2.65. The maximum atomic E-state index is 4.15. The average Bonchev–Trinajstić information content (AvgIpc) is 2.71. The zero-order valence-corrected chi connectivity index (χ0v) is 11.1. The summed E-state index contributed by atoms with van der Waals surface area (Å²) in [6, 6.07) is 0.226. The minimum absolute atomic E-state index is 0.226. The lowest BCUT2D eigenvalue weighted by Gasteiger charge is -2.41. The van der Waals surface area contributed by atoms with E-state index in [1.807, 2.05) is 4.68 Å². The van der Waals surface area contributed by atoms with Crippen LogP contribution in [0.1, 0.15) is 58.3 Å². The molecule has 1 N–H and O–H groups in total. The van der Waals surface area contributed by atoms with Crippen LogP contribution < -0.4 is 5.32 Å². The number of aromatic nitrogens is 4. The average molecular weight is 237 g/mol. The summed E-state index contributed by atoms with van der Waals surface area (Å²) >= 11 is 0. The Kier molecular flexibility index (Phi) is 3.76. The van der Waals surface area contributed by atoms with Crippen molar-refractivity contribution in [3.05, 3.63) is 5.82 Å². The van der Waals surface area contributed by atoms with Crippen LogP contribution in [0.25, 0.3) is 0 Å². The van der Waals surface area contributed by atoms with E-state index in [2.05, 4.69) is 41.6 Å². The summed E-state index contributed by atoms with van der Waals surface area (Å²) in [5, 5.41) is 15.5. The van der Waals surface area contributed by atoms with E-state index in [9.17, 15) is 0 Å². The van der Waals surface area contributed by atoms with Crippen LogP contribution in [0.5, 0.6) is 0 Å². The largest absolute Gasteiger partial charge is 0.308 e. The summed E-state index contributed by atoms with van der Waals surface area (Å²) in [6.07, 6.45) is 5.22. The number of hydrogen-bond acceptors (Lipinski definition) is 4. The van der Waals surface area contributed by atoms with Gasteiger partial charge in [-0.15, -0.1) is 5.10 Å². The molecule has 0 spiro atoms. The van der Waals surface area contributed by atoms with Gasteiger partial charge in [-0.1, -0.05) is 20.3 Å². The minimum Gasteiger partial charge on any atom is -0.308 e. The molecule has 2 rings (SSSR count). The predicted octanol–water partition coefficient (Wildman–Crippen LogP) is 1.92. The molecular formula is C12H23N5. The van der Waals surface area contributed by atoms with Crippen molar-refractivity contribution >= 4 is 0 Å². The molecule has 1 aromatic heterocycles. The van der Waals surface area contributed by atoms with Crippen molar-refractivity contribution in [3.8, 4) is 0 Å². The molecular weight excluding hydrogens is 214 g/mol. The zero-order chi connectivity index (χ0) is 12.3. The molecule has 0 saturated heterocycles. The summed E-state index contributed by atoms with van der Waals surface area (Å²) in [6.45, 7) is 8.40. The molecule has 17 heavy (non-hydrogen) atoms. The normalized spacial score (nSPS) is 19.9. The maximum absolute atomic E-state index is 4.15. The van der Waals surface area contributed by atoms with Crippen LogP contribution in [-0.2, 0) is 6.54 Å². The van der Waals surface area contributed by atoms with Crippen LogP contribution >= 0.6 is 0 Å². The van der Waals surface area contributed by atoms with Gasteiger partial charge < -0.3 is 5.32 Å². The smallest absolute Gasteiger partial charge is 0.167 e. The monoisotopic (exact) mass is 237 g/mol. The van der Waals surface area contributed by atoms with Gasteiger partial charge in [0, 0.05) is 0 Å². The third-order valence-electron chi connectivity index (χ3n) is 4.11. The zero-order valence-electron chi connectivity index (χ0n) is 11.1. The maximum Gasteiger partial charge on any atom is 0.167 e. The van der Waals surface area contributed by atoms with Gasteiger partial charge in [-0.2, -0.15) is 0 Å². The lowest BCUT2D eigenvalue weighted by atomic mass is 9.67. The third-order valence-corrected chi connectivity index (χ3v) is 4.11. The van der Waals surface area contributed by atoms with Gasteiger partial charge in [0.15, 0.2) is 5.82 Å². The Morgan fingerprint density at radius 2 is 2.18 bits per heavy atom. The number of hydrogen-bond donors (Lipinski definition) is 1. The molecule has 0 aromatic carbocycles. The Morgan fingerprint density at radius 3 is 2.71 bits per heavy atom. The van der Waals surface area contributed by atoms with Gasteiger partial charge in [-0.05, 0) is 48.6 Å². The highest BCUT2D eigenvalue weighted by atomic mass is 15.5. The van der Waals surface area contributed by atoms with E-state index in [-0.39, 0.29) is 6.04 Å². The quantitative estimate of drug-likeness (QED) is 0.821. The first-order chi connectivity index (χ1) is 8.21. The summed E-state index contributed by atoms with van der Waals surface area (Å²) < 4.78 is 2.00. The van der Waals surface area contributed by atoms with E-state index in [1.54, 1.807) is 0 Å². The van der Waals surface area contributed by atoms with E-state index in [4.69, 9.17) is 0 Å². The van der Waals surface area contributed by atoms with Crippen molar-refractivity contribution < 1.29 is 0 Å². The van der Waals surface area contributed by atoms with Gasteiger partial charge in [0.05, 0.1) is 12.6 Å². The van der Waals surface area contributed by atoms with Gasteiger partial charge in [-0.3, -0.25) is 0 Å². The fourth-order valence-electron chi connectivity index (χ4n) is 2.65. The summed E-state index contributed by atoms with van der Waals surface area (Å²) in [4.78, 5) is 0. The molecule has 0 aliphatic heterocycles. The Hall–Kier alpha value is -0.970. The lowest BCUT2D eigenvalue weighted by molar-refractivity contribution is 0.0918. The number of nitrogens with one attached hydrogen (secondary N) is 1. The van der Waals surface area contributed by atoms with Crippen molar-refractivity contribution in [3.63, 3.8) is 0 Å². The van der Waals surface area contributed by atoms with Gasteiger partial charge in [0.1, 0.15) is 0 Å². The fraction of sp³-hybridized carbons (Fsp3) is 0.917. The van der Waals surface area contributed by atoms with E-state index in [0.717, 1.165) is 18.9 Å². The molecule has 5 nitrogen and oxygen atoms in total. The molecule has 1 aromatic rings. The molecule has 0 bridgehead atoms. The molecule has 1 fully saturated rings. The number of tetrazole rings is 1. The van der Waals surface area contributed by atoms with Gasteiger partial charge in [-0.25, -0.2) is 4.68 Å². The van der Waals surface area contributed by atoms with E-state index in [1.165, 1.54) is 25.7 Å². The van der Waals surface area contributed by atoms with Crippen LogP contribution in [0.2, 0.25) is 0 Å². The van der Waals surface area contributed by atoms with Crippen LogP contribution in [0.4, 0.5) is 0 Å². The second kappa shape index (κ2) is 5.12. The van der Waals surface area contributed by atoms with Crippen molar-refractivity contribution in [2.45, 2.75) is 59.0 Å². The van der Waals surface area contributed by atoms with Crippen molar-refractivity contribution in [2.75, 3.05) is 6.54 Å². The van der Waals surface area contributed by atoms with E-state index in [0.29, 0.717) is 5.41 Å². The molecule has 0 radical (unpaired) electrons. The summed E-state index contributed by atoms with van der Waals surface area (Å²) in [5.74, 6) is 0.964. The van der Waals surface area contributed by atoms with Gasteiger partial charge in [0.2, 0.25) is 0 Å². The first kappa shape index (κ1) is 12.5. The van der Waals surface area contributed by atoms with Gasteiger partial charge >= 0.3 is 0 Å². The lowest BCUT2D eigenvalue weighted by Crippen LogP contribution is -2.35. The first-order valence-electron chi connectivity index (χ1n) is 6.70. The molecule has 1 aliphatic carbocycles. The molecule has 1 unspecified atom stereocenters. The molecule has 1 atom stereocenters. The summed E-state index contributed by atoms with van der Waals surface area (Å²) in [7, 11) is 0. The van der Waals surface area contributed by atoms with Crippen molar-refractivity contribution in [1.82, 2.24) is 25.5 Å². The SMILES string of the molecule is CCNC(C)c1nnnn1CC1(CC)CCC1. The summed E-state index contributed by atoms with van der Waals surface area (Å²) in [5.41, 5.74) is 0.454. The molecule has 1 aliphatic rings. The molecule has 96 valence electrons. The van der Waals surface area contributed by atoms with Crippen LogP contribution in [0, 0.1) is 5.41 Å².